The molecule has 4 nitrogen and oxygen atoms in total. The Morgan fingerprint density at radius 2 is 1.94 bits per heavy atom. The summed E-state index contributed by atoms with van der Waals surface area (Å²) < 4.78 is 22.2. The van der Waals surface area contributed by atoms with Gasteiger partial charge in [0.2, 0.25) is 0 Å². The molecule has 0 aromatic heterocycles. The van der Waals surface area contributed by atoms with Crippen molar-refractivity contribution in [2.24, 2.45) is 0 Å². The molecule has 0 saturated heterocycles. The maximum Gasteiger partial charge on any atom is 0.149 e. The van der Waals surface area contributed by atoms with E-state index in [1.165, 1.54) is 6.26 Å². The maximum absolute atomic E-state index is 11.1. The minimum atomic E-state index is -2.96. The third kappa shape index (κ3) is 4.36. The Labute approximate surface area is 103 Å². The smallest absolute Gasteiger partial charge is 0.149 e. The number of para-hydroxylation sites is 1. The molecule has 0 spiro atoms. The molecule has 0 bridgehead atoms. The molecule has 1 atom stereocenters. The second kappa shape index (κ2) is 5.51. The van der Waals surface area contributed by atoms with E-state index in [4.69, 9.17) is 0 Å². The van der Waals surface area contributed by atoms with Gasteiger partial charge in [0.25, 0.3) is 0 Å². The minimum absolute atomic E-state index is 0.109. The molecule has 0 amide bonds. The summed E-state index contributed by atoms with van der Waals surface area (Å²) >= 11 is 0. The molecule has 0 radical (unpaired) electrons. The molecule has 1 rings (SSSR count). The van der Waals surface area contributed by atoms with Crippen LogP contribution in [0.3, 0.4) is 0 Å². The number of aliphatic hydroxyl groups excluding tert-OH is 1. The summed E-state index contributed by atoms with van der Waals surface area (Å²) in [5.41, 5.74) is 1.68. The Balaban J connectivity index is 2.85. The Morgan fingerprint density at radius 3 is 2.47 bits per heavy atom. The van der Waals surface area contributed by atoms with Crippen molar-refractivity contribution >= 4 is 15.5 Å². The van der Waals surface area contributed by atoms with Crippen LogP contribution in [0, 0.1) is 0 Å². The molecule has 17 heavy (non-hydrogen) atoms. The summed E-state index contributed by atoms with van der Waals surface area (Å²) in [5.74, 6) is 0.109. The number of aliphatic hydroxyl groups is 1. The van der Waals surface area contributed by atoms with E-state index in [1.54, 1.807) is 6.92 Å². The van der Waals surface area contributed by atoms with E-state index in [9.17, 15) is 13.5 Å². The number of benzene rings is 1. The molecule has 0 unspecified atom stereocenters. The predicted octanol–water partition coefficient (Wildman–Crippen LogP) is 1.22. The fourth-order valence-corrected chi connectivity index (χ4v) is 2.22. The molecular formula is C12H19NO3S. The lowest BCUT2D eigenvalue weighted by Crippen LogP contribution is -2.26. The number of hydrogen-bond acceptors (Lipinski definition) is 4. The number of hydrogen-bond donors (Lipinski definition) is 1. The van der Waals surface area contributed by atoms with Crippen molar-refractivity contribution < 1.29 is 13.5 Å². The van der Waals surface area contributed by atoms with Crippen LogP contribution in [0.1, 0.15) is 18.6 Å². The van der Waals surface area contributed by atoms with Crippen LogP contribution in [-0.4, -0.2) is 39.1 Å². The average Bonchev–Trinajstić information content (AvgIpc) is 2.25. The first-order chi connectivity index (χ1) is 7.81. The van der Waals surface area contributed by atoms with Crippen LogP contribution in [0.15, 0.2) is 24.3 Å². The van der Waals surface area contributed by atoms with E-state index >= 15 is 0 Å². The highest BCUT2D eigenvalue weighted by molar-refractivity contribution is 7.90. The fourth-order valence-electron chi connectivity index (χ4n) is 1.61. The summed E-state index contributed by atoms with van der Waals surface area (Å²) in [6.45, 7) is 2.12. The topological polar surface area (TPSA) is 57.6 Å². The van der Waals surface area contributed by atoms with Crippen LogP contribution in [0.2, 0.25) is 0 Å². The first kappa shape index (κ1) is 14.0. The van der Waals surface area contributed by atoms with Gasteiger partial charge in [-0.3, -0.25) is 0 Å². The van der Waals surface area contributed by atoms with Crippen LogP contribution in [0.25, 0.3) is 0 Å². The zero-order valence-corrected chi connectivity index (χ0v) is 11.2. The molecular weight excluding hydrogens is 238 g/mol. The van der Waals surface area contributed by atoms with Gasteiger partial charge in [-0.2, -0.15) is 0 Å². The summed E-state index contributed by atoms with van der Waals surface area (Å²) in [6.07, 6.45) is 0.661. The second-order valence-electron chi connectivity index (χ2n) is 4.29. The Bertz CT molecular complexity index is 468. The summed E-state index contributed by atoms with van der Waals surface area (Å²) in [4.78, 5) is 1.85. The van der Waals surface area contributed by atoms with E-state index in [0.29, 0.717) is 6.54 Å². The van der Waals surface area contributed by atoms with Crippen molar-refractivity contribution in [3.8, 4) is 0 Å². The van der Waals surface area contributed by atoms with Gasteiger partial charge in [-0.15, -0.1) is 0 Å². The predicted molar refractivity (Wildman–Crippen MR) is 70.1 cm³/mol. The highest BCUT2D eigenvalue weighted by atomic mass is 32.2. The number of sulfone groups is 1. The summed E-state index contributed by atoms with van der Waals surface area (Å²) in [5, 5.41) is 9.64. The Morgan fingerprint density at radius 1 is 1.35 bits per heavy atom. The van der Waals surface area contributed by atoms with Gasteiger partial charge in [0.1, 0.15) is 9.84 Å². The van der Waals surface area contributed by atoms with Crippen LogP contribution in [-0.2, 0) is 9.84 Å². The van der Waals surface area contributed by atoms with Crippen molar-refractivity contribution in [3.63, 3.8) is 0 Å². The van der Waals surface area contributed by atoms with E-state index in [1.807, 2.05) is 36.2 Å². The van der Waals surface area contributed by atoms with Crippen molar-refractivity contribution in [2.75, 3.05) is 30.5 Å². The zero-order chi connectivity index (χ0) is 13.1. The van der Waals surface area contributed by atoms with Crippen molar-refractivity contribution in [1.29, 1.82) is 0 Å². The monoisotopic (exact) mass is 257 g/mol. The number of anilines is 1. The van der Waals surface area contributed by atoms with Crippen molar-refractivity contribution in [1.82, 2.24) is 0 Å². The molecule has 0 aliphatic carbocycles. The SMILES string of the molecule is C[C@@H](O)c1ccccc1N(C)CCS(C)(=O)=O. The first-order valence-electron chi connectivity index (χ1n) is 5.47. The standard InChI is InChI=1S/C12H19NO3S/c1-10(14)11-6-4-5-7-12(11)13(2)8-9-17(3,15)16/h4-7,10,14H,8-9H2,1-3H3/t10-/m1/s1. The average molecular weight is 257 g/mol. The second-order valence-corrected chi connectivity index (χ2v) is 6.55. The van der Waals surface area contributed by atoms with Gasteiger partial charge in [-0.05, 0) is 13.0 Å². The van der Waals surface area contributed by atoms with E-state index in [0.717, 1.165) is 11.3 Å². The maximum atomic E-state index is 11.1. The fraction of sp³-hybridized carbons (Fsp3) is 0.500. The lowest BCUT2D eigenvalue weighted by atomic mass is 10.1. The highest BCUT2D eigenvalue weighted by Crippen LogP contribution is 2.24. The molecule has 1 aromatic rings. The first-order valence-corrected chi connectivity index (χ1v) is 7.53. The van der Waals surface area contributed by atoms with E-state index < -0.39 is 15.9 Å². The zero-order valence-electron chi connectivity index (χ0n) is 10.4. The van der Waals surface area contributed by atoms with Gasteiger partial charge >= 0.3 is 0 Å². The molecule has 96 valence electrons. The van der Waals surface area contributed by atoms with Gasteiger partial charge in [0.05, 0.1) is 11.9 Å². The molecule has 0 aliphatic rings. The lowest BCUT2D eigenvalue weighted by Gasteiger charge is -2.23. The summed E-state index contributed by atoms with van der Waals surface area (Å²) in [7, 11) is -1.14. The molecule has 1 aromatic carbocycles. The van der Waals surface area contributed by atoms with Crippen LogP contribution < -0.4 is 4.90 Å². The third-order valence-electron chi connectivity index (χ3n) is 2.60. The Hall–Kier alpha value is -1.07. The highest BCUT2D eigenvalue weighted by Gasteiger charge is 2.12. The van der Waals surface area contributed by atoms with Gasteiger partial charge in [0.15, 0.2) is 0 Å². The van der Waals surface area contributed by atoms with E-state index in [-0.39, 0.29) is 5.75 Å². The van der Waals surface area contributed by atoms with Gasteiger partial charge in [-0.25, -0.2) is 8.42 Å². The van der Waals surface area contributed by atoms with Gasteiger partial charge in [0, 0.05) is 31.1 Å². The van der Waals surface area contributed by atoms with Crippen molar-refractivity contribution in [3.05, 3.63) is 29.8 Å². The molecule has 0 fully saturated rings. The summed E-state index contributed by atoms with van der Waals surface area (Å²) in [6, 6.07) is 7.45. The van der Waals surface area contributed by atoms with E-state index in [2.05, 4.69) is 0 Å². The normalized spacial score (nSPS) is 13.4. The molecule has 1 N–H and O–H groups in total. The van der Waals surface area contributed by atoms with Gasteiger partial charge < -0.3 is 10.0 Å². The number of rotatable bonds is 5. The number of nitrogens with zero attached hydrogens (tertiary/aromatic N) is 1. The molecule has 5 heteroatoms. The largest absolute Gasteiger partial charge is 0.389 e. The minimum Gasteiger partial charge on any atom is -0.389 e. The van der Waals surface area contributed by atoms with Crippen LogP contribution in [0.5, 0.6) is 0 Å². The molecule has 0 aliphatic heterocycles. The van der Waals surface area contributed by atoms with Gasteiger partial charge in [-0.1, -0.05) is 18.2 Å². The Kier molecular flexibility index (Phi) is 4.54. The molecule has 0 heterocycles. The van der Waals surface area contributed by atoms with Crippen LogP contribution in [0.4, 0.5) is 5.69 Å². The van der Waals surface area contributed by atoms with Crippen molar-refractivity contribution in [2.45, 2.75) is 13.0 Å². The quantitative estimate of drug-likeness (QED) is 0.861. The molecule has 0 saturated carbocycles. The third-order valence-corrected chi connectivity index (χ3v) is 3.52. The van der Waals surface area contributed by atoms with Crippen LogP contribution >= 0.6 is 0 Å². The lowest BCUT2D eigenvalue weighted by molar-refractivity contribution is 0.199.